The van der Waals surface area contributed by atoms with Crippen molar-refractivity contribution < 1.29 is 4.74 Å². The largest absolute Gasteiger partial charge is 0.496 e. The first kappa shape index (κ1) is 18.3. The van der Waals surface area contributed by atoms with Crippen molar-refractivity contribution in [3.05, 3.63) is 100 Å². The van der Waals surface area contributed by atoms with Crippen molar-refractivity contribution in [2.75, 3.05) is 7.11 Å². The molecular weight excluding hydrogens is 316 g/mol. The minimum absolute atomic E-state index is 0.389. The van der Waals surface area contributed by atoms with Crippen molar-refractivity contribution >= 4 is 0 Å². The highest BCUT2D eigenvalue weighted by molar-refractivity contribution is 5.41. The highest BCUT2D eigenvalue weighted by Gasteiger charge is 2.16. The number of methoxy groups -OCH3 is 1. The van der Waals surface area contributed by atoms with Gasteiger partial charge in [-0.2, -0.15) is 0 Å². The van der Waals surface area contributed by atoms with E-state index in [0.29, 0.717) is 5.92 Å². The molecule has 0 aliphatic rings. The fourth-order valence-corrected chi connectivity index (χ4v) is 3.60. The topological polar surface area (TPSA) is 9.23 Å². The molecule has 1 heteroatoms. The molecule has 0 amide bonds. The van der Waals surface area contributed by atoms with E-state index < -0.39 is 0 Å². The van der Waals surface area contributed by atoms with Crippen LogP contribution in [0, 0.1) is 20.8 Å². The molecule has 0 heterocycles. The quantitative estimate of drug-likeness (QED) is 0.504. The van der Waals surface area contributed by atoms with Gasteiger partial charge in [0.1, 0.15) is 5.75 Å². The van der Waals surface area contributed by atoms with E-state index in [2.05, 4.69) is 87.5 Å². The minimum Gasteiger partial charge on any atom is -0.496 e. The molecule has 0 aromatic heterocycles. The van der Waals surface area contributed by atoms with Gasteiger partial charge in [-0.1, -0.05) is 71.8 Å². The highest BCUT2D eigenvalue weighted by atomic mass is 16.5. The third-order valence-corrected chi connectivity index (χ3v) is 5.23. The second-order valence-electron chi connectivity index (χ2n) is 7.17. The molecule has 0 saturated heterocycles. The molecule has 0 fully saturated rings. The van der Waals surface area contributed by atoms with Crippen LogP contribution in [0.1, 0.15) is 45.7 Å². The van der Waals surface area contributed by atoms with Gasteiger partial charge in [-0.15, -0.1) is 0 Å². The summed E-state index contributed by atoms with van der Waals surface area (Å²) >= 11 is 0. The first-order valence-electron chi connectivity index (χ1n) is 9.34. The van der Waals surface area contributed by atoms with E-state index in [1.54, 1.807) is 7.11 Å². The molecule has 3 aromatic rings. The Morgan fingerprint density at radius 3 is 1.77 bits per heavy atom. The zero-order valence-corrected chi connectivity index (χ0v) is 16.3. The summed E-state index contributed by atoms with van der Waals surface area (Å²) in [7, 11) is 1.76. The minimum atomic E-state index is 0.389. The lowest BCUT2D eigenvalue weighted by Crippen LogP contribution is -2.05. The molecule has 0 unspecified atom stereocenters. The van der Waals surface area contributed by atoms with Crippen LogP contribution in [0.4, 0.5) is 0 Å². The van der Waals surface area contributed by atoms with Gasteiger partial charge < -0.3 is 4.74 Å². The summed E-state index contributed by atoms with van der Waals surface area (Å²) in [6.45, 7) is 6.45. The van der Waals surface area contributed by atoms with Gasteiger partial charge in [0.15, 0.2) is 0 Å². The van der Waals surface area contributed by atoms with E-state index in [-0.39, 0.29) is 0 Å². The van der Waals surface area contributed by atoms with Gasteiger partial charge in [-0.3, -0.25) is 0 Å². The standard InChI is InChI=1S/C25H28O/c1-18-8-12-21(13-9-18)24(22-14-10-19(2)11-15-22)17-16-23-20(3)6-5-7-25(23)26-4/h5-15,24H,16-17H2,1-4H3. The van der Waals surface area contributed by atoms with Crippen LogP contribution in [-0.4, -0.2) is 7.11 Å². The van der Waals surface area contributed by atoms with Crippen molar-refractivity contribution in [1.82, 2.24) is 0 Å². The number of hydrogen-bond donors (Lipinski definition) is 0. The van der Waals surface area contributed by atoms with Gasteiger partial charge in [0.25, 0.3) is 0 Å². The number of aryl methyl sites for hydroxylation is 3. The van der Waals surface area contributed by atoms with Crippen LogP contribution in [0.15, 0.2) is 66.7 Å². The van der Waals surface area contributed by atoms with E-state index in [1.807, 2.05) is 0 Å². The van der Waals surface area contributed by atoms with E-state index in [9.17, 15) is 0 Å². The molecule has 3 aromatic carbocycles. The molecule has 26 heavy (non-hydrogen) atoms. The van der Waals surface area contributed by atoms with Gasteiger partial charge in [0.05, 0.1) is 7.11 Å². The number of hydrogen-bond acceptors (Lipinski definition) is 1. The molecule has 0 aliphatic carbocycles. The van der Waals surface area contributed by atoms with Crippen LogP contribution >= 0.6 is 0 Å². The maximum absolute atomic E-state index is 5.60. The monoisotopic (exact) mass is 344 g/mol. The fourth-order valence-electron chi connectivity index (χ4n) is 3.60. The Balaban J connectivity index is 1.91. The van der Waals surface area contributed by atoms with Gasteiger partial charge in [0.2, 0.25) is 0 Å². The average Bonchev–Trinajstić information content (AvgIpc) is 2.65. The first-order chi connectivity index (χ1) is 12.6. The molecule has 134 valence electrons. The summed E-state index contributed by atoms with van der Waals surface area (Å²) in [5.74, 6) is 1.39. The van der Waals surface area contributed by atoms with Crippen molar-refractivity contribution in [2.45, 2.75) is 39.5 Å². The Labute approximate surface area is 157 Å². The van der Waals surface area contributed by atoms with E-state index in [4.69, 9.17) is 4.74 Å². The van der Waals surface area contributed by atoms with E-state index >= 15 is 0 Å². The van der Waals surface area contributed by atoms with E-state index in [1.165, 1.54) is 33.4 Å². The Bertz CT molecular complexity index is 799. The fraction of sp³-hybridized carbons (Fsp3) is 0.280. The lowest BCUT2D eigenvalue weighted by Gasteiger charge is -2.20. The Kier molecular flexibility index (Phi) is 5.78. The Morgan fingerprint density at radius 1 is 0.731 bits per heavy atom. The predicted molar refractivity (Wildman–Crippen MR) is 110 cm³/mol. The predicted octanol–water partition coefficient (Wildman–Crippen LogP) is 6.39. The van der Waals surface area contributed by atoms with Crippen molar-refractivity contribution in [3.63, 3.8) is 0 Å². The third-order valence-electron chi connectivity index (χ3n) is 5.23. The zero-order chi connectivity index (χ0) is 18.5. The normalized spacial score (nSPS) is 11.0. The maximum atomic E-state index is 5.60. The number of ether oxygens (including phenoxy) is 1. The van der Waals surface area contributed by atoms with Crippen molar-refractivity contribution in [1.29, 1.82) is 0 Å². The molecule has 0 atom stereocenters. The zero-order valence-electron chi connectivity index (χ0n) is 16.3. The van der Waals surface area contributed by atoms with Gasteiger partial charge >= 0.3 is 0 Å². The second-order valence-corrected chi connectivity index (χ2v) is 7.17. The SMILES string of the molecule is COc1cccc(C)c1CCC(c1ccc(C)cc1)c1ccc(C)cc1. The van der Waals surface area contributed by atoms with Gasteiger partial charge in [-0.25, -0.2) is 0 Å². The first-order valence-corrected chi connectivity index (χ1v) is 9.34. The Morgan fingerprint density at radius 2 is 1.27 bits per heavy atom. The molecule has 0 aliphatic heterocycles. The van der Waals surface area contributed by atoms with Crippen LogP contribution in [-0.2, 0) is 6.42 Å². The molecule has 0 bridgehead atoms. The van der Waals surface area contributed by atoms with Crippen molar-refractivity contribution in [2.24, 2.45) is 0 Å². The van der Waals surface area contributed by atoms with Crippen molar-refractivity contribution in [3.8, 4) is 5.75 Å². The number of rotatable bonds is 6. The Hall–Kier alpha value is -2.54. The van der Waals surface area contributed by atoms with Gasteiger partial charge in [0, 0.05) is 5.92 Å². The summed E-state index contributed by atoms with van der Waals surface area (Å²) in [6, 6.07) is 24.2. The molecule has 1 nitrogen and oxygen atoms in total. The second kappa shape index (κ2) is 8.23. The van der Waals surface area contributed by atoms with Crippen LogP contribution in [0.3, 0.4) is 0 Å². The average molecular weight is 344 g/mol. The molecule has 0 spiro atoms. The summed E-state index contributed by atoms with van der Waals surface area (Å²) < 4.78 is 5.60. The highest BCUT2D eigenvalue weighted by Crippen LogP contribution is 2.32. The summed E-state index contributed by atoms with van der Waals surface area (Å²) in [5.41, 5.74) is 7.99. The van der Waals surface area contributed by atoms with Crippen LogP contribution < -0.4 is 4.74 Å². The van der Waals surface area contributed by atoms with Crippen LogP contribution in [0.5, 0.6) is 5.75 Å². The molecular formula is C25H28O. The summed E-state index contributed by atoms with van der Waals surface area (Å²) in [6.07, 6.45) is 2.07. The smallest absolute Gasteiger partial charge is 0.122 e. The lowest BCUT2D eigenvalue weighted by molar-refractivity contribution is 0.408. The van der Waals surface area contributed by atoms with Crippen LogP contribution in [0.2, 0.25) is 0 Å². The summed E-state index contributed by atoms with van der Waals surface area (Å²) in [4.78, 5) is 0. The van der Waals surface area contributed by atoms with E-state index in [0.717, 1.165) is 18.6 Å². The molecule has 0 saturated carbocycles. The molecule has 0 radical (unpaired) electrons. The van der Waals surface area contributed by atoms with Crippen LogP contribution in [0.25, 0.3) is 0 Å². The van der Waals surface area contributed by atoms with Gasteiger partial charge in [-0.05, 0) is 61.9 Å². The summed E-state index contributed by atoms with van der Waals surface area (Å²) in [5, 5.41) is 0. The third kappa shape index (κ3) is 4.16. The maximum Gasteiger partial charge on any atom is 0.122 e. The molecule has 0 N–H and O–H groups in total. The number of benzene rings is 3. The lowest BCUT2D eigenvalue weighted by atomic mass is 9.85. The molecule has 3 rings (SSSR count).